The molecule has 0 radical (unpaired) electrons. The molecule has 3 nitrogen and oxygen atoms in total. The van der Waals surface area contributed by atoms with Crippen LogP contribution in [0, 0.1) is 6.92 Å². The summed E-state index contributed by atoms with van der Waals surface area (Å²) in [6, 6.07) is 2.59. The predicted octanol–water partition coefficient (Wildman–Crippen LogP) is 2.86. The van der Waals surface area contributed by atoms with Crippen LogP contribution in [0.3, 0.4) is 0 Å². The molecule has 4 heteroatoms. The maximum atomic E-state index is 4.51. The molecule has 0 spiro atoms. The number of likely N-dealkylation sites (N-methyl/N-ethyl adjacent to an activating group) is 1. The van der Waals surface area contributed by atoms with E-state index in [9.17, 15) is 0 Å². The number of nitrogens with zero attached hydrogens (tertiary/aromatic N) is 2. The molecule has 2 aromatic heterocycles. The van der Waals surface area contributed by atoms with E-state index in [0.717, 1.165) is 12.8 Å². The van der Waals surface area contributed by atoms with Gasteiger partial charge in [0.15, 0.2) is 0 Å². The van der Waals surface area contributed by atoms with Gasteiger partial charge in [-0.15, -0.1) is 0 Å². The summed E-state index contributed by atoms with van der Waals surface area (Å²) < 4.78 is 2.00. The molecule has 18 heavy (non-hydrogen) atoms. The molecule has 2 rings (SSSR count). The summed E-state index contributed by atoms with van der Waals surface area (Å²) in [5.74, 6) is 0. The Bertz CT molecular complexity index is 513. The Morgan fingerprint density at radius 3 is 2.72 bits per heavy atom. The van der Waals surface area contributed by atoms with E-state index in [2.05, 4.69) is 41.1 Å². The van der Waals surface area contributed by atoms with E-state index in [1.54, 1.807) is 11.3 Å². The van der Waals surface area contributed by atoms with Crippen LogP contribution in [0.4, 0.5) is 0 Å². The van der Waals surface area contributed by atoms with Crippen molar-refractivity contribution in [2.75, 3.05) is 7.05 Å². The smallest absolute Gasteiger partial charge is 0.0624 e. The van der Waals surface area contributed by atoms with E-state index >= 15 is 0 Å². The molecule has 0 amide bonds. The van der Waals surface area contributed by atoms with Crippen LogP contribution in [-0.4, -0.2) is 16.8 Å². The molecule has 1 atom stereocenters. The molecule has 0 saturated carbocycles. The summed E-state index contributed by atoms with van der Waals surface area (Å²) in [4.78, 5) is 0. The Labute approximate surface area is 113 Å². The molecule has 0 aliphatic carbocycles. The topological polar surface area (TPSA) is 29.9 Å². The fourth-order valence-corrected chi connectivity index (χ4v) is 3.14. The highest BCUT2D eigenvalue weighted by Crippen LogP contribution is 2.24. The maximum absolute atomic E-state index is 4.51. The highest BCUT2D eigenvalue weighted by atomic mass is 32.1. The lowest BCUT2D eigenvalue weighted by Gasteiger charge is -2.16. The third-order valence-electron chi connectivity index (χ3n) is 3.42. The van der Waals surface area contributed by atoms with Crippen LogP contribution in [0.25, 0.3) is 0 Å². The Morgan fingerprint density at radius 1 is 1.44 bits per heavy atom. The number of nitrogens with one attached hydrogen (secondary N) is 1. The van der Waals surface area contributed by atoms with Crippen molar-refractivity contribution in [2.45, 2.75) is 32.7 Å². The van der Waals surface area contributed by atoms with Crippen molar-refractivity contribution in [2.24, 2.45) is 7.05 Å². The first kappa shape index (κ1) is 13.3. The van der Waals surface area contributed by atoms with Crippen LogP contribution in [-0.2, 0) is 19.9 Å². The SMILES string of the molecule is CCc1cc(CC(NC)c2cscc2C)n(C)n1. The maximum Gasteiger partial charge on any atom is 0.0624 e. The van der Waals surface area contributed by atoms with Gasteiger partial charge in [0.1, 0.15) is 0 Å². The molecule has 0 aliphatic rings. The van der Waals surface area contributed by atoms with Gasteiger partial charge in [-0.05, 0) is 48.3 Å². The Kier molecular flexibility index (Phi) is 4.19. The van der Waals surface area contributed by atoms with Gasteiger partial charge in [0.05, 0.1) is 5.69 Å². The number of aryl methyl sites for hydroxylation is 3. The fourth-order valence-electron chi connectivity index (χ4n) is 2.24. The lowest BCUT2D eigenvalue weighted by Crippen LogP contribution is -2.20. The number of thiophene rings is 1. The first-order valence-electron chi connectivity index (χ1n) is 6.37. The van der Waals surface area contributed by atoms with Crippen LogP contribution in [0.15, 0.2) is 16.8 Å². The average Bonchev–Trinajstić information content (AvgIpc) is 2.93. The predicted molar refractivity (Wildman–Crippen MR) is 77.1 cm³/mol. The summed E-state index contributed by atoms with van der Waals surface area (Å²) in [5, 5.41) is 12.4. The molecule has 98 valence electrons. The largest absolute Gasteiger partial charge is 0.313 e. The lowest BCUT2D eigenvalue weighted by atomic mass is 10.0. The molecule has 0 saturated heterocycles. The highest BCUT2D eigenvalue weighted by Gasteiger charge is 2.15. The third-order valence-corrected chi connectivity index (χ3v) is 4.30. The molecule has 2 heterocycles. The molecule has 0 aliphatic heterocycles. The lowest BCUT2D eigenvalue weighted by molar-refractivity contribution is 0.560. The zero-order chi connectivity index (χ0) is 13.1. The third kappa shape index (κ3) is 2.65. The van der Waals surface area contributed by atoms with Gasteiger partial charge in [0.25, 0.3) is 0 Å². The Morgan fingerprint density at radius 2 is 2.22 bits per heavy atom. The van der Waals surface area contributed by atoms with Gasteiger partial charge in [-0.2, -0.15) is 16.4 Å². The minimum Gasteiger partial charge on any atom is -0.313 e. The van der Waals surface area contributed by atoms with Gasteiger partial charge >= 0.3 is 0 Å². The van der Waals surface area contributed by atoms with E-state index in [0.29, 0.717) is 6.04 Å². The number of aromatic nitrogens is 2. The van der Waals surface area contributed by atoms with Gasteiger partial charge < -0.3 is 5.32 Å². The molecule has 0 bridgehead atoms. The molecular weight excluding hydrogens is 242 g/mol. The van der Waals surface area contributed by atoms with Crippen LogP contribution in [0.1, 0.15) is 35.5 Å². The standard InChI is InChI=1S/C14H21N3S/c1-5-11-6-12(17(4)16-11)7-14(15-3)13-9-18-8-10(13)2/h6,8-9,14-15H,5,7H2,1-4H3. The van der Waals surface area contributed by atoms with Gasteiger partial charge in [-0.1, -0.05) is 6.92 Å². The normalized spacial score (nSPS) is 12.9. The number of hydrogen-bond donors (Lipinski definition) is 1. The van der Waals surface area contributed by atoms with E-state index in [4.69, 9.17) is 0 Å². The molecule has 2 aromatic rings. The molecule has 0 aromatic carbocycles. The zero-order valence-corrected chi connectivity index (χ0v) is 12.3. The minimum atomic E-state index is 0.372. The summed E-state index contributed by atoms with van der Waals surface area (Å²) >= 11 is 1.77. The Balaban J connectivity index is 2.20. The second-order valence-corrected chi connectivity index (χ2v) is 5.40. The van der Waals surface area contributed by atoms with E-state index in [1.165, 1.54) is 22.5 Å². The summed E-state index contributed by atoms with van der Waals surface area (Å²) in [5.41, 5.74) is 5.24. The second-order valence-electron chi connectivity index (χ2n) is 4.66. The average molecular weight is 263 g/mol. The van der Waals surface area contributed by atoms with Crippen molar-refractivity contribution in [1.82, 2.24) is 15.1 Å². The van der Waals surface area contributed by atoms with Crippen molar-refractivity contribution in [3.05, 3.63) is 39.3 Å². The van der Waals surface area contributed by atoms with Crippen molar-refractivity contribution in [3.8, 4) is 0 Å². The van der Waals surface area contributed by atoms with Crippen LogP contribution in [0.2, 0.25) is 0 Å². The summed E-state index contributed by atoms with van der Waals surface area (Å²) in [7, 11) is 4.06. The minimum absolute atomic E-state index is 0.372. The van der Waals surface area contributed by atoms with Gasteiger partial charge in [-0.25, -0.2) is 0 Å². The molecular formula is C14H21N3S. The monoisotopic (exact) mass is 263 g/mol. The quantitative estimate of drug-likeness (QED) is 0.899. The zero-order valence-electron chi connectivity index (χ0n) is 11.5. The van der Waals surface area contributed by atoms with Gasteiger partial charge in [0.2, 0.25) is 0 Å². The summed E-state index contributed by atoms with van der Waals surface area (Å²) in [6.07, 6.45) is 1.98. The molecule has 0 fully saturated rings. The van der Waals surface area contributed by atoms with Crippen LogP contribution in [0.5, 0.6) is 0 Å². The number of hydrogen-bond acceptors (Lipinski definition) is 3. The van der Waals surface area contributed by atoms with E-state index in [1.807, 2.05) is 18.8 Å². The fraction of sp³-hybridized carbons (Fsp3) is 0.500. The van der Waals surface area contributed by atoms with Crippen LogP contribution < -0.4 is 5.32 Å². The van der Waals surface area contributed by atoms with Crippen molar-refractivity contribution in [1.29, 1.82) is 0 Å². The summed E-state index contributed by atoms with van der Waals surface area (Å²) in [6.45, 7) is 4.32. The van der Waals surface area contributed by atoms with E-state index < -0.39 is 0 Å². The van der Waals surface area contributed by atoms with Gasteiger partial charge in [-0.3, -0.25) is 4.68 Å². The molecule has 1 unspecified atom stereocenters. The van der Waals surface area contributed by atoms with Crippen LogP contribution >= 0.6 is 11.3 Å². The van der Waals surface area contributed by atoms with E-state index in [-0.39, 0.29) is 0 Å². The highest BCUT2D eigenvalue weighted by molar-refractivity contribution is 7.08. The molecule has 1 N–H and O–H groups in total. The van der Waals surface area contributed by atoms with Crippen molar-refractivity contribution in [3.63, 3.8) is 0 Å². The van der Waals surface area contributed by atoms with Crippen molar-refractivity contribution >= 4 is 11.3 Å². The number of rotatable bonds is 5. The first-order chi connectivity index (χ1) is 8.65. The van der Waals surface area contributed by atoms with Gasteiger partial charge in [0, 0.05) is 25.2 Å². The Hall–Kier alpha value is -1.13. The van der Waals surface area contributed by atoms with Crippen molar-refractivity contribution < 1.29 is 0 Å². The second kappa shape index (κ2) is 5.67. The first-order valence-corrected chi connectivity index (χ1v) is 7.31.